The molecule has 112 valence electrons. The summed E-state index contributed by atoms with van der Waals surface area (Å²) in [6, 6.07) is 13.9. The molecule has 5 heteroatoms. The van der Waals surface area contributed by atoms with E-state index in [-0.39, 0.29) is 18.1 Å². The molecule has 1 N–H and O–H groups in total. The van der Waals surface area contributed by atoms with Gasteiger partial charge in [0.25, 0.3) is 0 Å². The molecule has 0 radical (unpaired) electrons. The first kappa shape index (κ1) is 14.1. The molecule has 0 aliphatic heterocycles. The summed E-state index contributed by atoms with van der Waals surface area (Å²) in [5.41, 5.74) is 1.81. The van der Waals surface area contributed by atoms with Crippen LogP contribution in [0.25, 0.3) is 10.9 Å². The molecule has 0 aliphatic rings. The molecular weight excluding hydrogens is 285 g/mol. The number of carbonyl (C=O) groups is 1. The Balaban J connectivity index is 1.95. The molecule has 3 aromatic rings. The summed E-state index contributed by atoms with van der Waals surface area (Å²) in [5.74, 6) is -0.864. The molecule has 0 bridgehead atoms. The number of halogens is 1. The van der Waals surface area contributed by atoms with Crippen molar-refractivity contribution in [2.75, 3.05) is 7.11 Å². The second kappa shape index (κ2) is 5.89. The highest BCUT2D eigenvalue weighted by atomic mass is 19.1. The van der Waals surface area contributed by atoms with Crippen LogP contribution in [-0.2, 0) is 11.3 Å². The van der Waals surface area contributed by atoms with Crippen LogP contribution in [-0.4, -0.2) is 18.1 Å². The van der Waals surface area contributed by atoms with E-state index in [1.54, 1.807) is 6.07 Å². The number of hydrogen-bond donors (Lipinski definition) is 1. The molecule has 2 aromatic carbocycles. The van der Waals surface area contributed by atoms with Gasteiger partial charge in [-0.25, -0.2) is 9.18 Å². The fourth-order valence-corrected chi connectivity index (χ4v) is 2.25. The lowest BCUT2D eigenvalue weighted by atomic mass is 10.2. The van der Waals surface area contributed by atoms with Crippen molar-refractivity contribution >= 4 is 16.9 Å². The van der Waals surface area contributed by atoms with Crippen molar-refractivity contribution in [2.45, 2.75) is 6.61 Å². The maximum Gasteiger partial charge on any atom is 0.354 e. The predicted molar refractivity (Wildman–Crippen MR) is 80.4 cm³/mol. The molecule has 1 heterocycles. The van der Waals surface area contributed by atoms with Crippen molar-refractivity contribution in [1.29, 1.82) is 0 Å². The topological polar surface area (TPSA) is 51.3 Å². The van der Waals surface area contributed by atoms with E-state index < -0.39 is 11.8 Å². The van der Waals surface area contributed by atoms with Crippen LogP contribution in [0.3, 0.4) is 0 Å². The Bertz CT molecular complexity index is 811. The highest BCUT2D eigenvalue weighted by molar-refractivity contribution is 5.97. The fraction of sp³-hybridized carbons (Fsp3) is 0.118. The molecule has 0 saturated carbocycles. The van der Waals surface area contributed by atoms with Crippen LogP contribution in [0.4, 0.5) is 4.39 Å². The van der Waals surface area contributed by atoms with Crippen LogP contribution in [0.5, 0.6) is 5.75 Å². The lowest BCUT2D eigenvalue weighted by Crippen LogP contribution is -2.00. The van der Waals surface area contributed by atoms with Crippen LogP contribution in [0, 0.1) is 5.82 Å². The van der Waals surface area contributed by atoms with E-state index in [1.807, 2.05) is 30.3 Å². The van der Waals surface area contributed by atoms with Gasteiger partial charge >= 0.3 is 5.97 Å². The minimum atomic E-state index is -0.509. The summed E-state index contributed by atoms with van der Waals surface area (Å²) in [4.78, 5) is 14.5. The molecule has 1 aromatic heterocycles. The Hall–Kier alpha value is -2.82. The van der Waals surface area contributed by atoms with Crippen molar-refractivity contribution in [1.82, 2.24) is 4.98 Å². The first-order valence-corrected chi connectivity index (χ1v) is 6.75. The van der Waals surface area contributed by atoms with Gasteiger partial charge in [-0.1, -0.05) is 30.3 Å². The third-order valence-corrected chi connectivity index (χ3v) is 3.34. The van der Waals surface area contributed by atoms with Gasteiger partial charge in [0, 0.05) is 10.9 Å². The molecule has 3 rings (SSSR count). The highest BCUT2D eigenvalue weighted by Crippen LogP contribution is 2.30. The van der Waals surface area contributed by atoms with Crippen LogP contribution in [0.1, 0.15) is 16.1 Å². The van der Waals surface area contributed by atoms with Crippen LogP contribution < -0.4 is 4.74 Å². The third-order valence-electron chi connectivity index (χ3n) is 3.34. The van der Waals surface area contributed by atoms with E-state index in [1.165, 1.54) is 19.2 Å². The van der Waals surface area contributed by atoms with Gasteiger partial charge in [-0.15, -0.1) is 0 Å². The number of aromatic nitrogens is 1. The number of nitrogens with one attached hydrogen (secondary N) is 1. The fourth-order valence-electron chi connectivity index (χ4n) is 2.25. The highest BCUT2D eigenvalue weighted by Gasteiger charge is 2.15. The summed E-state index contributed by atoms with van der Waals surface area (Å²) in [5, 5.41) is 0.510. The molecule has 0 aliphatic carbocycles. The molecule has 0 fully saturated rings. The molecule has 0 spiro atoms. The second-order valence-electron chi connectivity index (χ2n) is 4.79. The van der Waals surface area contributed by atoms with Crippen LogP contribution in [0.2, 0.25) is 0 Å². The Kier molecular flexibility index (Phi) is 3.78. The first-order valence-electron chi connectivity index (χ1n) is 6.75. The zero-order chi connectivity index (χ0) is 15.5. The van der Waals surface area contributed by atoms with Crippen molar-refractivity contribution in [3.8, 4) is 5.75 Å². The average Bonchev–Trinajstić information content (AvgIpc) is 2.98. The third kappa shape index (κ3) is 2.65. The zero-order valence-electron chi connectivity index (χ0n) is 11.9. The van der Waals surface area contributed by atoms with E-state index in [2.05, 4.69) is 9.72 Å². The van der Waals surface area contributed by atoms with E-state index in [4.69, 9.17) is 4.74 Å². The van der Waals surface area contributed by atoms with Crippen LogP contribution in [0.15, 0.2) is 48.5 Å². The number of rotatable bonds is 4. The summed E-state index contributed by atoms with van der Waals surface area (Å²) < 4.78 is 24.3. The van der Waals surface area contributed by atoms with Crippen molar-refractivity contribution < 1.29 is 18.7 Å². The standard InChI is InChI=1S/C17H14FNO3/c1-21-17(20)15-9-12-14(19-15)8-7-13(18)16(12)22-10-11-5-3-2-4-6-11/h2-9,19H,10H2,1H3. The molecule has 0 amide bonds. The molecule has 22 heavy (non-hydrogen) atoms. The summed E-state index contributed by atoms with van der Waals surface area (Å²) >= 11 is 0. The van der Waals surface area contributed by atoms with Gasteiger partial charge in [-0.3, -0.25) is 0 Å². The number of fused-ring (bicyclic) bond motifs is 1. The number of ether oxygens (including phenoxy) is 2. The quantitative estimate of drug-likeness (QED) is 0.748. The molecular formula is C17H14FNO3. The van der Waals surface area contributed by atoms with Gasteiger partial charge in [0.05, 0.1) is 7.11 Å². The Morgan fingerprint density at radius 2 is 1.95 bits per heavy atom. The number of esters is 1. The monoisotopic (exact) mass is 299 g/mol. The molecule has 4 nitrogen and oxygen atoms in total. The van der Waals surface area contributed by atoms with Gasteiger partial charge in [0.15, 0.2) is 11.6 Å². The minimum absolute atomic E-state index is 0.118. The Morgan fingerprint density at radius 1 is 1.18 bits per heavy atom. The molecule has 0 atom stereocenters. The number of benzene rings is 2. The SMILES string of the molecule is COC(=O)c1cc2c(OCc3ccccc3)c(F)ccc2[nH]1. The van der Waals surface area contributed by atoms with E-state index in [0.717, 1.165) is 5.56 Å². The van der Waals surface area contributed by atoms with Gasteiger partial charge in [-0.2, -0.15) is 0 Å². The average molecular weight is 299 g/mol. The smallest absolute Gasteiger partial charge is 0.354 e. The first-order chi connectivity index (χ1) is 10.7. The molecule has 0 saturated heterocycles. The van der Waals surface area contributed by atoms with Gasteiger partial charge in [0.2, 0.25) is 0 Å². The van der Waals surface area contributed by atoms with Crippen molar-refractivity contribution in [2.24, 2.45) is 0 Å². The number of carbonyl (C=O) groups excluding carboxylic acids is 1. The van der Waals surface area contributed by atoms with E-state index >= 15 is 0 Å². The van der Waals surface area contributed by atoms with Crippen molar-refractivity contribution in [3.05, 3.63) is 65.6 Å². The largest absolute Gasteiger partial charge is 0.485 e. The van der Waals surface area contributed by atoms with Gasteiger partial charge in [0.1, 0.15) is 12.3 Å². The lowest BCUT2D eigenvalue weighted by Gasteiger charge is -2.08. The summed E-state index contributed by atoms with van der Waals surface area (Å²) in [6.07, 6.45) is 0. The van der Waals surface area contributed by atoms with Crippen molar-refractivity contribution in [3.63, 3.8) is 0 Å². The van der Waals surface area contributed by atoms with Gasteiger partial charge in [-0.05, 0) is 23.8 Å². The summed E-state index contributed by atoms with van der Waals surface area (Å²) in [7, 11) is 1.29. The van der Waals surface area contributed by atoms with Crippen LogP contribution >= 0.6 is 0 Å². The predicted octanol–water partition coefficient (Wildman–Crippen LogP) is 3.67. The Morgan fingerprint density at radius 3 is 2.68 bits per heavy atom. The number of methoxy groups -OCH3 is 1. The zero-order valence-corrected chi connectivity index (χ0v) is 11.9. The maximum absolute atomic E-state index is 14.1. The lowest BCUT2D eigenvalue weighted by molar-refractivity contribution is 0.0595. The number of H-pyrrole nitrogens is 1. The number of hydrogen-bond acceptors (Lipinski definition) is 3. The number of aromatic amines is 1. The van der Waals surface area contributed by atoms with Gasteiger partial charge < -0.3 is 14.5 Å². The Labute approximate surface area is 126 Å². The van der Waals surface area contributed by atoms with E-state index in [9.17, 15) is 9.18 Å². The second-order valence-corrected chi connectivity index (χ2v) is 4.79. The summed E-state index contributed by atoms with van der Waals surface area (Å²) in [6.45, 7) is 0.246. The minimum Gasteiger partial charge on any atom is -0.485 e. The molecule has 0 unspecified atom stereocenters. The normalized spacial score (nSPS) is 10.6. The van der Waals surface area contributed by atoms with E-state index in [0.29, 0.717) is 10.9 Å². The maximum atomic E-state index is 14.1.